The van der Waals surface area contributed by atoms with Crippen LogP contribution >= 0.6 is 9.90 Å². The molecule has 0 rings (SSSR count). The second-order valence-corrected chi connectivity index (χ2v) is 0.0583. The van der Waals surface area contributed by atoms with Crippen LogP contribution in [0.25, 0.3) is 0 Å². The molecule has 6 heavy (non-hydrogen) atoms. The maximum absolute atomic E-state index is 9.12. The van der Waals surface area contributed by atoms with Crippen LogP contribution in [0.4, 0.5) is 9.05 Å². The molecule has 0 aromatic carbocycles. The van der Waals surface area contributed by atoms with Crippen LogP contribution in [-0.2, 0) is 5.15 Å². The van der Waals surface area contributed by atoms with Gasteiger partial charge in [0.25, 0.3) is 0 Å². The third-order valence-electron chi connectivity index (χ3n) is 0. The normalized spacial score (nSPS) is 3.00. The van der Waals surface area contributed by atoms with E-state index in [1.165, 1.54) is 5.15 Å². The maximum atomic E-state index is 9.12. The third kappa shape index (κ3) is 38.0. The zero-order valence-corrected chi connectivity index (χ0v) is 10.2. The van der Waals surface area contributed by atoms with Gasteiger partial charge in [0, 0.05) is 66.3 Å². The van der Waals surface area contributed by atoms with E-state index in [4.69, 9.17) is 9.05 Å². The molecular formula is F2OPPbSn. The maximum Gasteiger partial charge on any atom is 0.0209 e. The smallest absolute Gasteiger partial charge is 0.0104 e. The molecule has 6 heteroatoms. The van der Waals surface area contributed by atoms with E-state index in [1.54, 1.807) is 0 Å². The van der Waals surface area contributed by atoms with E-state index >= 15 is 0 Å². The summed E-state index contributed by atoms with van der Waals surface area (Å²) in [7, 11) is 0. The number of hydrogen-bond donors (Lipinski definition) is 0. The van der Waals surface area contributed by atoms with Crippen LogP contribution in [0, 0.1) is 0 Å². The summed E-state index contributed by atoms with van der Waals surface area (Å²) in [5.74, 6) is 0. The number of hydrogen-bond acceptors (Lipinski definition) is 1. The molecule has 0 aliphatic carbocycles. The van der Waals surface area contributed by atoms with Crippen molar-refractivity contribution in [2.24, 2.45) is 0 Å². The minimum absolute atomic E-state index is 0. The minimum Gasteiger partial charge on any atom is -0.0104 e. The standard InChI is InChI=1S/F2O.P.Pb.Sn/c1-3-2;;;. The van der Waals surface area contributed by atoms with E-state index in [0.717, 1.165) is 0 Å². The third-order valence-corrected chi connectivity index (χ3v) is 0. The first-order valence-corrected chi connectivity index (χ1v) is 0.309. The zero-order valence-electron chi connectivity index (χ0n) is 2.61. The Morgan fingerprint density at radius 3 is 1.17 bits per heavy atom. The molecular weight excluding hydrogens is 411 g/mol. The molecule has 0 saturated heterocycles. The fourth-order valence-corrected chi connectivity index (χ4v) is 0. The van der Waals surface area contributed by atoms with Gasteiger partial charge in [0.2, 0.25) is 0 Å². The van der Waals surface area contributed by atoms with Gasteiger partial charge in [-0.05, 0) is 9.05 Å². The summed E-state index contributed by atoms with van der Waals surface area (Å²) >= 11 is 0. The molecule has 1 nitrogen and oxygen atoms in total. The van der Waals surface area contributed by atoms with Gasteiger partial charge in [-0.3, -0.25) is 0 Å². The Kier molecular flexibility index (Phi) is 115. The van der Waals surface area contributed by atoms with Crippen molar-refractivity contribution in [1.29, 1.82) is 0 Å². The first-order chi connectivity index (χ1) is 1.41. The minimum atomic E-state index is 0. The van der Waals surface area contributed by atoms with Crippen molar-refractivity contribution in [3.05, 3.63) is 0 Å². The first kappa shape index (κ1) is 24.6. The molecule has 0 aliphatic rings. The van der Waals surface area contributed by atoms with E-state index in [1.807, 2.05) is 0 Å². The van der Waals surface area contributed by atoms with E-state index < -0.39 is 0 Å². The summed E-state index contributed by atoms with van der Waals surface area (Å²) < 4.78 is 18.2. The quantitative estimate of drug-likeness (QED) is 0.425. The second kappa shape index (κ2) is 28.2. The van der Waals surface area contributed by atoms with Gasteiger partial charge in [0.1, 0.15) is 0 Å². The van der Waals surface area contributed by atoms with Crippen molar-refractivity contribution in [1.82, 2.24) is 0 Å². The molecule has 0 saturated carbocycles. The average Bonchev–Trinajstić information content (AvgIpc) is 0.918. The monoisotopic (exact) mass is 413 g/mol. The van der Waals surface area contributed by atoms with Crippen molar-refractivity contribution in [2.45, 2.75) is 0 Å². The molecule has 11 radical (unpaired) electrons. The van der Waals surface area contributed by atoms with Crippen LogP contribution in [0.2, 0.25) is 0 Å². The Labute approximate surface area is 74.7 Å². The Balaban J connectivity index is -0.00000000667. The zero-order chi connectivity index (χ0) is 2.71. The van der Waals surface area contributed by atoms with E-state index in [0.29, 0.717) is 0 Å². The Bertz CT molecular complexity index is 13.5. The van der Waals surface area contributed by atoms with E-state index in [9.17, 15) is 0 Å². The molecule has 0 aliphatic heterocycles. The molecule has 0 aromatic rings. The molecule has 0 spiro atoms. The fraction of sp³-hybridized carbons (Fsp3) is 0. The van der Waals surface area contributed by atoms with Crippen LogP contribution < -0.4 is 0 Å². The van der Waals surface area contributed by atoms with Gasteiger partial charge >= 0.3 is 0 Å². The molecule has 0 atom stereocenters. The molecule has 0 aromatic heterocycles. The van der Waals surface area contributed by atoms with Gasteiger partial charge in [-0.15, -0.1) is 0 Å². The molecule has 0 N–H and O–H groups in total. The molecule has 0 heterocycles. The predicted molar refractivity (Wildman–Crippen MR) is 21.7 cm³/mol. The Morgan fingerprint density at radius 1 is 1.17 bits per heavy atom. The summed E-state index contributed by atoms with van der Waals surface area (Å²) in [6.07, 6.45) is 0. The van der Waals surface area contributed by atoms with Gasteiger partial charge in [0.15, 0.2) is 0 Å². The van der Waals surface area contributed by atoms with Gasteiger partial charge in [-0.1, -0.05) is 0 Å². The molecule has 0 bridgehead atoms. The first-order valence-electron chi connectivity index (χ1n) is 0.309. The largest absolute Gasteiger partial charge is 0.0209 e. The van der Waals surface area contributed by atoms with Crippen LogP contribution in [0.5, 0.6) is 0 Å². The van der Waals surface area contributed by atoms with Crippen molar-refractivity contribution in [3.8, 4) is 0 Å². The summed E-state index contributed by atoms with van der Waals surface area (Å²) in [6.45, 7) is 0. The van der Waals surface area contributed by atoms with Gasteiger partial charge < -0.3 is 0 Å². The molecule has 0 unspecified atom stereocenters. The average molecular weight is 411 g/mol. The van der Waals surface area contributed by atoms with Gasteiger partial charge in [-0.2, -0.15) is 0 Å². The Morgan fingerprint density at radius 2 is 1.17 bits per heavy atom. The number of halogens is 2. The molecule has 0 amide bonds. The van der Waals surface area contributed by atoms with Crippen molar-refractivity contribution >= 4 is 61.1 Å². The van der Waals surface area contributed by atoms with Crippen LogP contribution in [-0.4, -0.2) is 51.2 Å². The topological polar surface area (TPSA) is 9.23 Å². The van der Waals surface area contributed by atoms with E-state index in [-0.39, 0.29) is 61.1 Å². The SMILES string of the molecule is FOF.[P].[Pb].[Sn]. The Hall–Kier alpha value is 1.97. The van der Waals surface area contributed by atoms with Gasteiger partial charge in [0.05, 0.1) is 0 Å². The predicted octanol–water partition coefficient (Wildman–Crippen LogP) is 0.872. The van der Waals surface area contributed by atoms with Gasteiger partial charge in [-0.25, -0.2) is 0 Å². The molecule has 33 valence electrons. The summed E-state index contributed by atoms with van der Waals surface area (Å²) in [5.41, 5.74) is 0. The van der Waals surface area contributed by atoms with Crippen molar-refractivity contribution in [3.63, 3.8) is 0 Å². The molecule has 0 fully saturated rings. The van der Waals surface area contributed by atoms with Crippen molar-refractivity contribution < 1.29 is 14.2 Å². The summed E-state index contributed by atoms with van der Waals surface area (Å²) in [5, 5.41) is 1.25. The van der Waals surface area contributed by atoms with Crippen LogP contribution in [0.1, 0.15) is 0 Å². The van der Waals surface area contributed by atoms with Crippen molar-refractivity contribution in [2.75, 3.05) is 0 Å². The second-order valence-electron chi connectivity index (χ2n) is 0.0583. The summed E-state index contributed by atoms with van der Waals surface area (Å²) in [4.78, 5) is 0. The van der Waals surface area contributed by atoms with Crippen LogP contribution in [0.3, 0.4) is 0 Å². The fourth-order valence-electron chi connectivity index (χ4n) is 0. The van der Waals surface area contributed by atoms with Crippen LogP contribution in [0.15, 0.2) is 0 Å². The van der Waals surface area contributed by atoms with E-state index in [2.05, 4.69) is 0 Å². The summed E-state index contributed by atoms with van der Waals surface area (Å²) in [6, 6.07) is 0. The number of rotatable bonds is 0.